The van der Waals surface area contributed by atoms with E-state index >= 15 is 0 Å². The van der Waals surface area contributed by atoms with Crippen molar-refractivity contribution in [2.45, 2.75) is 19.8 Å². The SMILES string of the molecule is CCC(CCO)CNc1nn(C)c(=O)n(C)c1=O. The standard InChI is InChI=1S/C11H20N4O3/c1-4-8(5-6-16)7-12-9-10(17)14(2)11(18)15(3)13-9/h8,16H,4-7H2,1-3H3,(H,12,13). The van der Waals surface area contributed by atoms with Crippen LogP contribution in [0.2, 0.25) is 0 Å². The van der Waals surface area contributed by atoms with Gasteiger partial charge in [-0.25, -0.2) is 9.48 Å². The number of aromatic nitrogens is 3. The first-order valence-corrected chi connectivity index (χ1v) is 6.00. The molecule has 1 rings (SSSR count). The maximum atomic E-state index is 11.8. The fourth-order valence-corrected chi connectivity index (χ4v) is 1.68. The Kier molecular flexibility index (Phi) is 5.08. The Bertz CT molecular complexity index is 506. The molecule has 1 heterocycles. The second-order valence-corrected chi connectivity index (χ2v) is 4.29. The van der Waals surface area contributed by atoms with Gasteiger partial charge in [0.1, 0.15) is 0 Å². The molecule has 1 atom stereocenters. The van der Waals surface area contributed by atoms with Crippen molar-refractivity contribution in [3.63, 3.8) is 0 Å². The number of aliphatic hydroxyl groups excluding tert-OH is 1. The lowest BCUT2D eigenvalue weighted by atomic mass is 10.0. The summed E-state index contributed by atoms with van der Waals surface area (Å²) in [6, 6.07) is 0. The van der Waals surface area contributed by atoms with Crippen molar-refractivity contribution >= 4 is 5.82 Å². The zero-order chi connectivity index (χ0) is 13.7. The average molecular weight is 256 g/mol. The Balaban J connectivity index is 2.86. The normalized spacial score (nSPS) is 12.4. The van der Waals surface area contributed by atoms with Gasteiger partial charge < -0.3 is 10.4 Å². The quantitative estimate of drug-likeness (QED) is 0.702. The Labute approximate surface area is 105 Å². The molecule has 18 heavy (non-hydrogen) atoms. The molecule has 7 heteroatoms. The van der Waals surface area contributed by atoms with Crippen LogP contribution in [0.15, 0.2) is 9.59 Å². The summed E-state index contributed by atoms with van der Waals surface area (Å²) in [5, 5.41) is 15.7. The minimum atomic E-state index is -0.451. The van der Waals surface area contributed by atoms with E-state index in [1.165, 1.54) is 14.1 Å². The number of anilines is 1. The highest BCUT2D eigenvalue weighted by Crippen LogP contribution is 2.07. The van der Waals surface area contributed by atoms with Crippen LogP contribution in [0.5, 0.6) is 0 Å². The second-order valence-electron chi connectivity index (χ2n) is 4.29. The van der Waals surface area contributed by atoms with Gasteiger partial charge in [-0.3, -0.25) is 9.36 Å². The highest BCUT2D eigenvalue weighted by Gasteiger charge is 2.11. The molecule has 1 aromatic heterocycles. The van der Waals surface area contributed by atoms with Gasteiger partial charge >= 0.3 is 5.69 Å². The number of aliphatic hydroxyl groups is 1. The molecule has 0 aliphatic heterocycles. The van der Waals surface area contributed by atoms with Crippen molar-refractivity contribution in [2.24, 2.45) is 20.0 Å². The van der Waals surface area contributed by atoms with E-state index in [9.17, 15) is 9.59 Å². The van der Waals surface area contributed by atoms with Crippen LogP contribution in [0.25, 0.3) is 0 Å². The smallest absolute Gasteiger partial charge is 0.346 e. The maximum Gasteiger partial charge on any atom is 0.346 e. The summed E-state index contributed by atoms with van der Waals surface area (Å²) in [6.45, 7) is 2.70. The van der Waals surface area contributed by atoms with Crippen molar-refractivity contribution in [3.05, 3.63) is 20.8 Å². The van der Waals surface area contributed by atoms with Crippen LogP contribution in [0.3, 0.4) is 0 Å². The van der Waals surface area contributed by atoms with Crippen LogP contribution in [0.4, 0.5) is 5.82 Å². The molecule has 0 bridgehead atoms. The number of hydrogen-bond acceptors (Lipinski definition) is 5. The number of hydrogen-bond donors (Lipinski definition) is 2. The van der Waals surface area contributed by atoms with Crippen molar-refractivity contribution < 1.29 is 5.11 Å². The van der Waals surface area contributed by atoms with Crippen molar-refractivity contribution in [2.75, 3.05) is 18.5 Å². The van der Waals surface area contributed by atoms with E-state index < -0.39 is 11.2 Å². The van der Waals surface area contributed by atoms with Crippen LogP contribution in [0, 0.1) is 5.92 Å². The topological polar surface area (TPSA) is 89.2 Å². The van der Waals surface area contributed by atoms with Crippen LogP contribution in [0.1, 0.15) is 19.8 Å². The van der Waals surface area contributed by atoms with Gasteiger partial charge in [-0.1, -0.05) is 13.3 Å². The van der Waals surface area contributed by atoms with E-state index in [0.717, 1.165) is 15.7 Å². The molecule has 0 radical (unpaired) electrons. The third-order valence-electron chi connectivity index (χ3n) is 2.99. The molecule has 2 N–H and O–H groups in total. The van der Waals surface area contributed by atoms with Crippen LogP contribution < -0.4 is 16.6 Å². The first-order chi connectivity index (χ1) is 8.51. The van der Waals surface area contributed by atoms with Crippen molar-refractivity contribution in [1.29, 1.82) is 0 Å². The third kappa shape index (κ3) is 3.19. The van der Waals surface area contributed by atoms with E-state index in [4.69, 9.17) is 5.11 Å². The van der Waals surface area contributed by atoms with Crippen LogP contribution >= 0.6 is 0 Å². The number of nitrogens with one attached hydrogen (secondary N) is 1. The van der Waals surface area contributed by atoms with E-state index in [1.54, 1.807) is 0 Å². The Morgan fingerprint density at radius 2 is 2.06 bits per heavy atom. The molecule has 0 fully saturated rings. The first-order valence-electron chi connectivity index (χ1n) is 6.00. The molecule has 102 valence electrons. The van der Waals surface area contributed by atoms with Gasteiger partial charge in [0.25, 0.3) is 5.56 Å². The lowest BCUT2D eigenvalue weighted by Crippen LogP contribution is -2.40. The number of rotatable bonds is 6. The highest BCUT2D eigenvalue weighted by atomic mass is 16.3. The lowest BCUT2D eigenvalue weighted by molar-refractivity contribution is 0.258. The third-order valence-corrected chi connectivity index (χ3v) is 2.99. The van der Waals surface area contributed by atoms with Crippen molar-refractivity contribution in [3.8, 4) is 0 Å². The maximum absolute atomic E-state index is 11.8. The Hall–Kier alpha value is -1.63. The monoisotopic (exact) mass is 256 g/mol. The second kappa shape index (κ2) is 6.34. The molecule has 0 saturated carbocycles. The lowest BCUT2D eigenvalue weighted by Gasteiger charge is -2.14. The van der Waals surface area contributed by atoms with Gasteiger partial charge in [0.05, 0.1) is 0 Å². The van der Waals surface area contributed by atoms with Gasteiger partial charge in [0, 0.05) is 27.2 Å². The molecule has 1 aromatic rings. The number of nitrogens with zero attached hydrogens (tertiary/aromatic N) is 3. The van der Waals surface area contributed by atoms with Gasteiger partial charge in [0.15, 0.2) is 0 Å². The molecule has 0 saturated heterocycles. The summed E-state index contributed by atoms with van der Waals surface area (Å²) in [6.07, 6.45) is 1.58. The predicted molar refractivity (Wildman–Crippen MR) is 68.7 cm³/mol. The van der Waals surface area contributed by atoms with E-state index in [1.807, 2.05) is 6.92 Å². The summed E-state index contributed by atoms with van der Waals surface area (Å²) < 4.78 is 2.14. The summed E-state index contributed by atoms with van der Waals surface area (Å²) in [5.74, 6) is 0.440. The fourth-order valence-electron chi connectivity index (χ4n) is 1.68. The fraction of sp³-hybridized carbons (Fsp3) is 0.727. The first kappa shape index (κ1) is 14.4. The molecular formula is C11H20N4O3. The Morgan fingerprint density at radius 3 is 2.61 bits per heavy atom. The molecule has 0 aromatic carbocycles. The Morgan fingerprint density at radius 1 is 1.39 bits per heavy atom. The highest BCUT2D eigenvalue weighted by molar-refractivity contribution is 5.29. The van der Waals surface area contributed by atoms with E-state index in [2.05, 4.69) is 10.4 Å². The summed E-state index contributed by atoms with van der Waals surface area (Å²) in [7, 11) is 2.92. The van der Waals surface area contributed by atoms with Gasteiger partial charge in [-0.15, -0.1) is 5.10 Å². The van der Waals surface area contributed by atoms with E-state index in [0.29, 0.717) is 13.0 Å². The minimum Gasteiger partial charge on any atom is -0.396 e. The van der Waals surface area contributed by atoms with Crippen LogP contribution in [-0.2, 0) is 14.1 Å². The largest absolute Gasteiger partial charge is 0.396 e. The summed E-state index contributed by atoms with van der Waals surface area (Å²) >= 11 is 0. The van der Waals surface area contributed by atoms with Crippen molar-refractivity contribution in [1.82, 2.24) is 14.3 Å². The van der Waals surface area contributed by atoms with Crippen LogP contribution in [-0.4, -0.2) is 32.6 Å². The molecule has 0 amide bonds. The zero-order valence-electron chi connectivity index (χ0n) is 11.0. The van der Waals surface area contributed by atoms with Gasteiger partial charge in [-0.05, 0) is 12.3 Å². The average Bonchev–Trinajstić information content (AvgIpc) is 2.37. The van der Waals surface area contributed by atoms with Gasteiger partial charge in [0.2, 0.25) is 5.82 Å². The van der Waals surface area contributed by atoms with E-state index in [-0.39, 0.29) is 18.3 Å². The molecule has 0 aliphatic carbocycles. The number of aryl methyl sites for hydroxylation is 1. The molecular weight excluding hydrogens is 236 g/mol. The van der Waals surface area contributed by atoms with Gasteiger partial charge in [-0.2, -0.15) is 0 Å². The molecule has 7 nitrogen and oxygen atoms in total. The molecule has 0 aliphatic rings. The minimum absolute atomic E-state index is 0.124. The summed E-state index contributed by atoms with van der Waals surface area (Å²) in [5.41, 5.74) is -0.884. The molecule has 0 spiro atoms. The summed E-state index contributed by atoms with van der Waals surface area (Å²) in [4.78, 5) is 23.2. The molecule has 1 unspecified atom stereocenters. The predicted octanol–water partition coefficient (Wildman–Crippen LogP) is -0.700. The zero-order valence-corrected chi connectivity index (χ0v) is 11.0.